The molecule has 25 heavy (non-hydrogen) atoms. The van der Waals surface area contributed by atoms with Crippen molar-refractivity contribution in [3.8, 4) is 0 Å². The highest BCUT2D eigenvalue weighted by Crippen LogP contribution is 2.29. The largest absolute Gasteiger partial charge is 0.396 e. The highest BCUT2D eigenvalue weighted by molar-refractivity contribution is 5.47. The van der Waals surface area contributed by atoms with Crippen LogP contribution in [0.15, 0.2) is 6.07 Å². The van der Waals surface area contributed by atoms with Crippen molar-refractivity contribution in [2.45, 2.75) is 13.3 Å². The molecule has 2 aliphatic heterocycles. The van der Waals surface area contributed by atoms with Crippen LogP contribution >= 0.6 is 0 Å². The normalized spacial score (nSPS) is 24.4. The average Bonchev–Trinajstić information content (AvgIpc) is 3.04. The monoisotopic (exact) mass is 349 g/mol. The third-order valence-electron chi connectivity index (χ3n) is 5.14. The van der Waals surface area contributed by atoms with Crippen molar-refractivity contribution < 1.29 is 9.84 Å². The van der Waals surface area contributed by atoms with Gasteiger partial charge in [0.25, 0.3) is 0 Å². The van der Waals surface area contributed by atoms with Crippen LogP contribution in [-0.2, 0) is 11.2 Å². The Hall–Kier alpha value is -1.44. The summed E-state index contributed by atoms with van der Waals surface area (Å²) in [5, 5.41) is 9.77. The van der Waals surface area contributed by atoms with Gasteiger partial charge in [-0.1, -0.05) is 6.92 Å². The summed E-state index contributed by atoms with van der Waals surface area (Å²) in [5.74, 6) is 2.57. The van der Waals surface area contributed by atoms with Crippen LogP contribution in [0.25, 0.3) is 0 Å². The van der Waals surface area contributed by atoms with Gasteiger partial charge >= 0.3 is 0 Å². The molecule has 3 rings (SSSR count). The number of anilines is 2. The molecule has 2 fully saturated rings. The van der Waals surface area contributed by atoms with Crippen molar-refractivity contribution in [2.75, 3.05) is 76.4 Å². The summed E-state index contributed by atoms with van der Waals surface area (Å²) < 4.78 is 5.45. The van der Waals surface area contributed by atoms with Crippen molar-refractivity contribution in [1.29, 1.82) is 0 Å². The quantitative estimate of drug-likeness (QED) is 0.801. The fourth-order valence-electron chi connectivity index (χ4n) is 3.73. The molecule has 0 spiro atoms. The van der Waals surface area contributed by atoms with Crippen LogP contribution in [0.1, 0.15) is 12.6 Å². The molecule has 0 bridgehead atoms. The maximum atomic E-state index is 9.77. The van der Waals surface area contributed by atoms with E-state index in [1.165, 1.54) is 0 Å². The first kappa shape index (κ1) is 18.4. The Bertz CT molecular complexity index is 562. The van der Waals surface area contributed by atoms with Gasteiger partial charge in [0.1, 0.15) is 5.82 Å². The third kappa shape index (κ3) is 4.40. The lowest BCUT2D eigenvalue weighted by Crippen LogP contribution is -2.38. The van der Waals surface area contributed by atoms with Gasteiger partial charge in [-0.15, -0.1) is 0 Å². The first-order valence-corrected chi connectivity index (χ1v) is 9.32. The molecule has 0 radical (unpaired) electrons. The molecule has 2 atom stereocenters. The number of hydrogen-bond acceptors (Lipinski definition) is 7. The van der Waals surface area contributed by atoms with Crippen molar-refractivity contribution >= 4 is 11.8 Å². The van der Waals surface area contributed by atoms with Crippen molar-refractivity contribution in [2.24, 2.45) is 11.8 Å². The number of hydrogen-bond donors (Lipinski definition) is 1. The van der Waals surface area contributed by atoms with Gasteiger partial charge in [-0.05, 0) is 26.4 Å². The van der Waals surface area contributed by atoms with E-state index in [1.807, 2.05) is 0 Å². The Morgan fingerprint density at radius 3 is 2.52 bits per heavy atom. The van der Waals surface area contributed by atoms with Crippen LogP contribution in [0, 0.1) is 11.8 Å². The summed E-state index contributed by atoms with van der Waals surface area (Å²) >= 11 is 0. The molecule has 0 aliphatic carbocycles. The van der Waals surface area contributed by atoms with Crippen molar-refractivity contribution in [1.82, 2.24) is 14.9 Å². The van der Waals surface area contributed by atoms with Crippen LogP contribution in [0.5, 0.6) is 0 Å². The minimum Gasteiger partial charge on any atom is -0.396 e. The summed E-state index contributed by atoms with van der Waals surface area (Å²) in [4.78, 5) is 16.3. The Morgan fingerprint density at radius 1 is 1.16 bits per heavy atom. The van der Waals surface area contributed by atoms with E-state index >= 15 is 0 Å². The van der Waals surface area contributed by atoms with E-state index in [2.05, 4.69) is 41.8 Å². The standard InChI is InChI=1S/C18H31N5O2/c1-4-16-9-17(20-18(19-16)22-5-7-25-8-6-22)23-11-14(10-21(2)3)15(12-23)13-24/h9,14-15,24H,4-8,10-13H2,1-3H3/t14-,15-/m1/s1. The number of aromatic nitrogens is 2. The summed E-state index contributed by atoms with van der Waals surface area (Å²) in [7, 11) is 4.18. The molecule has 2 aliphatic rings. The molecule has 2 saturated heterocycles. The maximum Gasteiger partial charge on any atom is 0.227 e. The predicted molar refractivity (Wildman–Crippen MR) is 99.3 cm³/mol. The molecule has 0 amide bonds. The van der Waals surface area contributed by atoms with Crippen molar-refractivity contribution in [3.63, 3.8) is 0 Å². The second-order valence-corrected chi connectivity index (χ2v) is 7.34. The van der Waals surface area contributed by atoms with E-state index in [4.69, 9.17) is 14.7 Å². The first-order chi connectivity index (χ1) is 12.1. The summed E-state index contributed by atoms with van der Waals surface area (Å²) in [6, 6.07) is 2.11. The molecule has 7 heteroatoms. The SMILES string of the molecule is CCc1cc(N2C[C@@H](CN(C)C)[C@@H](CO)C2)nc(N2CCOCC2)n1. The Morgan fingerprint density at radius 2 is 1.88 bits per heavy atom. The summed E-state index contributed by atoms with van der Waals surface area (Å²) in [6.45, 7) is 8.30. The number of aliphatic hydroxyl groups is 1. The number of nitrogens with zero attached hydrogens (tertiary/aromatic N) is 5. The van der Waals surface area contributed by atoms with Gasteiger partial charge in [0.05, 0.1) is 13.2 Å². The lowest BCUT2D eigenvalue weighted by molar-refractivity contribution is 0.122. The number of aryl methyl sites for hydroxylation is 1. The second-order valence-electron chi connectivity index (χ2n) is 7.34. The lowest BCUT2D eigenvalue weighted by Gasteiger charge is -2.28. The third-order valence-corrected chi connectivity index (χ3v) is 5.14. The van der Waals surface area contributed by atoms with Crippen LogP contribution in [0.3, 0.4) is 0 Å². The smallest absolute Gasteiger partial charge is 0.227 e. The molecule has 0 unspecified atom stereocenters. The minimum absolute atomic E-state index is 0.233. The number of morpholine rings is 1. The van der Waals surface area contributed by atoms with Gasteiger partial charge in [-0.2, -0.15) is 4.98 Å². The van der Waals surface area contributed by atoms with Gasteiger partial charge in [-0.25, -0.2) is 4.98 Å². The molecule has 1 N–H and O–H groups in total. The van der Waals surface area contributed by atoms with E-state index in [9.17, 15) is 5.11 Å². The Balaban J connectivity index is 1.81. The molecule has 3 heterocycles. The molecular formula is C18H31N5O2. The zero-order valence-corrected chi connectivity index (χ0v) is 15.7. The highest BCUT2D eigenvalue weighted by Gasteiger charge is 2.33. The number of rotatable bonds is 6. The van der Waals surface area contributed by atoms with Crippen LogP contribution in [0.2, 0.25) is 0 Å². The van der Waals surface area contributed by atoms with Gasteiger partial charge in [0.15, 0.2) is 0 Å². The van der Waals surface area contributed by atoms with Gasteiger partial charge in [0, 0.05) is 57.0 Å². The van der Waals surface area contributed by atoms with E-state index in [0.29, 0.717) is 11.8 Å². The van der Waals surface area contributed by atoms with Gasteiger partial charge in [0.2, 0.25) is 5.95 Å². The Labute approximate surface area is 150 Å². The molecule has 0 saturated carbocycles. The zero-order chi connectivity index (χ0) is 17.8. The Kier molecular flexibility index (Phi) is 6.09. The second kappa shape index (κ2) is 8.29. The number of aliphatic hydroxyl groups excluding tert-OH is 1. The molecule has 7 nitrogen and oxygen atoms in total. The zero-order valence-electron chi connectivity index (χ0n) is 15.7. The first-order valence-electron chi connectivity index (χ1n) is 9.32. The molecule has 1 aromatic heterocycles. The van der Waals surface area contributed by atoms with E-state index in [0.717, 1.165) is 69.8 Å². The van der Waals surface area contributed by atoms with Gasteiger partial charge in [-0.3, -0.25) is 0 Å². The topological polar surface area (TPSA) is 65.0 Å². The minimum atomic E-state index is 0.233. The van der Waals surface area contributed by atoms with E-state index in [-0.39, 0.29) is 6.61 Å². The fraction of sp³-hybridized carbons (Fsp3) is 0.778. The predicted octanol–water partition coefficient (Wildman–Crippen LogP) is 0.482. The molecule has 0 aromatic carbocycles. The number of ether oxygens (including phenoxy) is 1. The lowest BCUT2D eigenvalue weighted by atomic mass is 9.97. The molecule has 1 aromatic rings. The van der Waals surface area contributed by atoms with Crippen LogP contribution in [0.4, 0.5) is 11.8 Å². The summed E-state index contributed by atoms with van der Waals surface area (Å²) in [5.41, 5.74) is 1.07. The van der Waals surface area contributed by atoms with Crippen LogP contribution in [-0.4, -0.2) is 86.6 Å². The van der Waals surface area contributed by atoms with Crippen LogP contribution < -0.4 is 9.80 Å². The van der Waals surface area contributed by atoms with E-state index < -0.39 is 0 Å². The average molecular weight is 349 g/mol. The highest BCUT2D eigenvalue weighted by atomic mass is 16.5. The fourth-order valence-corrected chi connectivity index (χ4v) is 3.73. The van der Waals surface area contributed by atoms with Crippen molar-refractivity contribution in [3.05, 3.63) is 11.8 Å². The summed E-state index contributed by atoms with van der Waals surface area (Å²) in [6.07, 6.45) is 0.894. The molecule has 140 valence electrons. The maximum absolute atomic E-state index is 9.77. The van der Waals surface area contributed by atoms with Gasteiger partial charge < -0.3 is 24.5 Å². The van der Waals surface area contributed by atoms with E-state index in [1.54, 1.807) is 0 Å². The molecular weight excluding hydrogens is 318 g/mol.